The maximum absolute atomic E-state index is 12.7. The number of nitrogens with one attached hydrogen (secondary N) is 1. The molecule has 0 bridgehead atoms. The average Bonchev–Trinajstić information content (AvgIpc) is 2.41. The molecule has 1 saturated heterocycles. The van der Waals surface area contributed by atoms with E-state index in [1.807, 2.05) is 0 Å². The molecule has 6 nitrogen and oxygen atoms in total. The van der Waals surface area contributed by atoms with Crippen molar-refractivity contribution in [2.24, 2.45) is 0 Å². The van der Waals surface area contributed by atoms with Gasteiger partial charge in [-0.3, -0.25) is 14.6 Å². The van der Waals surface area contributed by atoms with Crippen molar-refractivity contribution in [1.82, 2.24) is 10.2 Å². The van der Waals surface area contributed by atoms with E-state index in [1.165, 1.54) is 12.8 Å². The number of unbranched alkanes of at least 4 members (excludes halogenated alkanes) is 4. The third-order valence-electron chi connectivity index (χ3n) is 3.28. The first kappa shape index (κ1) is 16.6. The fraction of sp³-hybridized carbons (Fsp3) is 0.917. The Balaban J connectivity index is 2.44. The fourth-order valence-electron chi connectivity index (χ4n) is 2.20. The van der Waals surface area contributed by atoms with E-state index < -0.39 is 13.4 Å². The third kappa shape index (κ3) is 5.61. The highest BCUT2D eigenvalue weighted by Gasteiger charge is 2.35. The third-order valence-corrected chi connectivity index (χ3v) is 5.95. The Kier molecular flexibility index (Phi) is 7.61. The summed E-state index contributed by atoms with van der Waals surface area (Å²) < 4.78 is 19.7. The van der Waals surface area contributed by atoms with Crippen molar-refractivity contribution in [3.63, 3.8) is 0 Å². The van der Waals surface area contributed by atoms with Gasteiger partial charge in [0.25, 0.3) is 13.4 Å². The van der Waals surface area contributed by atoms with Crippen molar-refractivity contribution in [1.29, 1.82) is 0 Å². The number of carbonyl (C=O) groups is 1. The van der Waals surface area contributed by atoms with Gasteiger partial charge in [0.15, 0.2) is 0 Å². The number of rotatable bonds is 8. The molecule has 1 fully saturated rings. The van der Waals surface area contributed by atoms with Crippen molar-refractivity contribution < 1.29 is 19.1 Å². The van der Waals surface area contributed by atoms with Crippen LogP contribution in [0.15, 0.2) is 0 Å². The Hall–Kier alpha value is -0.420. The summed E-state index contributed by atoms with van der Waals surface area (Å²) in [5.74, 6) is -0.545. The molecule has 0 aromatic carbocycles. The molecule has 1 amide bonds. The van der Waals surface area contributed by atoms with Crippen LogP contribution in [-0.2, 0) is 13.9 Å². The lowest BCUT2D eigenvalue weighted by Crippen LogP contribution is -2.38. The first-order chi connectivity index (χ1) is 9.12. The maximum atomic E-state index is 12.7. The lowest BCUT2D eigenvalue weighted by Gasteiger charge is -2.34. The van der Waals surface area contributed by atoms with Crippen LogP contribution in [0.2, 0.25) is 0 Å². The lowest BCUT2D eigenvalue weighted by molar-refractivity contribution is -0.129. The zero-order valence-electron chi connectivity index (χ0n) is 11.6. The molecule has 1 unspecified atom stereocenters. The van der Waals surface area contributed by atoms with Crippen LogP contribution in [-0.4, -0.2) is 41.6 Å². The van der Waals surface area contributed by atoms with E-state index in [9.17, 15) is 9.36 Å². The van der Waals surface area contributed by atoms with E-state index in [0.29, 0.717) is 19.3 Å². The highest BCUT2D eigenvalue weighted by atomic mass is 31.2. The molecule has 112 valence electrons. The summed E-state index contributed by atoms with van der Waals surface area (Å²) in [6, 6.07) is 0. The van der Waals surface area contributed by atoms with E-state index in [1.54, 1.807) is 10.2 Å². The summed E-state index contributed by atoms with van der Waals surface area (Å²) in [5.41, 5.74) is 1.58. The first-order valence-corrected chi connectivity index (χ1v) is 8.80. The molecule has 1 aliphatic heterocycles. The van der Waals surface area contributed by atoms with Gasteiger partial charge in [0.05, 0.1) is 13.2 Å². The highest BCUT2D eigenvalue weighted by Crippen LogP contribution is 2.53. The topological polar surface area (TPSA) is 78.9 Å². The molecule has 1 rings (SSSR count). The summed E-state index contributed by atoms with van der Waals surface area (Å²) >= 11 is 0. The summed E-state index contributed by atoms with van der Waals surface area (Å²) in [6.07, 6.45) is 6.68. The molecule has 0 spiro atoms. The Morgan fingerprint density at radius 2 is 2.11 bits per heavy atom. The SMILES string of the molecule is CCCCCCCP1(=O)OCCCN1CC(=O)NO. The molecular weight excluding hydrogens is 267 g/mol. The summed E-state index contributed by atoms with van der Waals surface area (Å²) in [5, 5.41) is 8.55. The van der Waals surface area contributed by atoms with Crippen LogP contribution in [0.3, 0.4) is 0 Å². The predicted molar refractivity (Wildman–Crippen MR) is 73.3 cm³/mol. The van der Waals surface area contributed by atoms with Crippen LogP contribution >= 0.6 is 7.52 Å². The highest BCUT2D eigenvalue weighted by molar-refractivity contribution is 7.56. The van der Waals surface area contributed by atoms with Gasteiger partial charge in [-0.25, -0.2) is 10.2 Å². The number of hydroxylamine groups is 1. The quantitative estimate of drug-likeness (QED) is 0.311. The molecule has 2 N–H and O–H groups in total. The summed E-state index contributed by atoms with van der Waals surface area (Å²) in [6.45, 7) is 3.16. The Morgan fingerprint density at radius 3 is 2.79 bits per heavy atom. The monoisotopic (exact) mass is 292 g/mol. The molecule has 7 heteroatoms. The van der Waals surface area contributed by atoms with Gasteiger partial charge in [0.1, 0.15) is 0 Å². The Labute approximate surface area is 115 Å². The van der Waals surface area contributed by atoms with Crippen molar-refractivity contribution in [2.75, 3.05) is 25.9 Å². The number of carbonyl (C=O) groups excluding carboxylic acids is 1. The van der Waals surface area contributed by atoms with Crippen molar-refractivity contribution in [3.05, 3.63) is 0 Å². The van der Waals surface area contributed by atoms with Gasteiger partial charge in [0.2, 0.25) is 0 Å². The van der Waals surface area contributed by atoms with Crippen LogP contribution in [0.4, 0.5) is 0 Å². The van der Waals surface area contributed by atoms with Gasteiger partial charge in [0, 0.05) is 12.7 Å². The number of amides is 1. The summed E-state index contributed by atoms with van der Waals surface area (Å²) in [4.78, 5) is 11.2. The van der Waals surface area contributed by atoms with Crippen molar-refractivity contribution in [2.45, 2.75) is 45.4 Å². The average molecular weight is 292 g/mol. The molecular formula is C12H25N2O4P. The Morgan fingerprint density at radius 1 is 1.37 bits per heavy atom. The second kappa shape index (κ2) is 8.69. The second-order valence-corrected chi connectivity index (χ2v) is 7.43. The van der Waals surface area contributed by atoms with Crippen molar-refractivity contribution >= 4 is 13.4 Å². The van der Waals surface area contributed by atoms with Gasteiger partial charge in [-0.05, 0) is 12.8 Å². The zero-order valence-corrected chi connectivity index (χ0v) is 12.5. The normalized spacial score (nSPS) is 24.3. The van der Waals surface area contributed by atoms with Crippen LogP contribution in [0, 0.1) is 0 Å². The first-order valence-electron chi connectivity index (χ1n) is 7.04. The molecule has 0 aliphatic carbocycles. The molecule has 0 aromatic heterocycles. The molecule has 0 radical (unpaired) electrons. The lowest BCUT2D eigenvalue weighted by atomic mass is 10.2. The molecule has 1 atom stereocenters. The molecule has 1 heterocycles. The van der Waals surface area contributed by atoms with E-state index in [4.69, 9.17) is 9.73 Å². The number of hydrogen-bond acceptors (Lipinski definition) is 4. The number of hydrogen-bond donors (Lipinski definition) is 2. The predicted octanol–water partition coefficient (Wildman–Crippen LogP) is 2.38. The van der Waals surface area contributed by atoms with Gasteiger partial charge in [-0.1, -0.05) is 32.6 Å². The van der Waals surface area contributed by atoms with Gasteiger partial charge in [-0.15, -0.1) is 0 Å². The van der Waals surface area contributed by atoms with Crippen LogP contribution in [0.25, 0.3) is 0 Å². The summed E-state index contributed by atoms with van der Waals surface area (Å²) in [7, 11) is -2.88. The smallest absolute Gasteiger partial charge is 0.272 e. The minimum absolute atomic E-state index is 0.0667. The zero-order chi connectivity index (χ0) is 14.1. The van der Waals surface area contributed by atoms with Crippen LogP contribution in [0.1, 0.15) is 45.4 Å². The minimum Gasteiger partial charge on any atom is -0.317 e. The van der Waals surface area contributed by atoms with E-state index >= 15 is 0 Å². The second-order valence-electron chi connectivity index (χ2n) is 4.89. The molecule has 1 aliphatic rings. The maximum Gasteiger partial charge on any atom is 0.272 e. The number of nitrogens with zero attached hydrogens (tertiary/aromatic N) is 1. The van der Waals surface area contributed by atoms with Gasteiger partial charge in [-0.2, -0.15) is 0 Å². The van der Waals surface area contributed by atoms with E-state index in [0.717, 1.165) is 25.7 Å². The molecule has 0 saturated carbocycles. The minimum atomic E-state index is -2.88. The van der Waals surface area contributed by atoms with Crippen LogP contribution in [0.5, 0.6) is 0 Å². The van der Waals surface area contributed by atoms with E-state index in [2.05, 4.69) is 6.92 Å². The molecule has 19 heavy (non-hydrogen) atoms. The van der Waals surface area contributed by atoms with Gasteiger partial charge < -0.3 is 4.52 Å². The van der Waals surface area contributed by atoms with Crippen molar-refractivity contribution in [3.8, 4) is 0 Å². The van der Waals surface area contributed by atoms with Gasteiger partial charge >= 0.3 is 0 Å². The standard InChI is InChI=1S/C12H25N2O4P/c1-2-3-4-5-6-10-19(17)14(8-7-9-18-19)11-12(15)13-16/h16H,2-11H2,1H3,(H,13,15). The molecule has 0 aromatic rings. The van der Waals surface area contributed by atoms with Crippen LogP contribution < -0.4 is 5.48 Å². The van der Waals surface area contributed by atoms with E-state index in [-0.39, 0.29) is 6.54 Å². The largest absolute Gasteiger partial charge is 0.317 e. The Bertz CT molecular complexity index is 325. The fourth-order valence-corrected chi connectivity index (χ4v) is 4.60.